The molecular weight excluding hydrogens is 835 g/mol. The monoisotopic (exact) mass is 888 g/mol. The highest BCUT2D eigenvalue weighted by atomic mass is 19.3. The number of aromatic amines is 2. The van der Waals surface area contributed by atoms with E-state index in [-0.39, 0.29) is 64.2 Å². The van der Waals surface area contributed by atoms with E-state index in [9.17, 15) is 19.2 Å². The number of imidazole rings is 2. The molecule has 10 rings (SSSR count). The predicted octanol–water partition coefficient (Wildman–Crippen LogP) is 8.61. The number of hydrogen-bond acceptors (Lipinski definition) is 8. The van der Waals surface area contributed by atoms with Gasteiger partial charge in [0.05, 0.1) is 49.2 Å². The molecule has 65 heavy (non-hydrogen) atoms. The molecule has 3 unspecified atom stereocenters. The van der Waals surface area contributed by atoms with Crippen LogP contribution in [0.15, 0.2) is 60.8 Å². The molecule has 2 saturated heterocycles. The summed E-state index contributed by atoms with van der Waals surface area (Å²) in [5.74, 6) is -2.53. The summed E-state index contributed by atoms with van der Waals surface area (Å²) in [6.45, 7) is 8.09. The van der Waals surface area contributed by atoms with Gasteiger partial charge in [-0.2, -0.15) is 8.78 Å². The van der Waals surface area contributed by atoms with Gasteiger partial charge in [-0.1, -0.05) is 58.0 Å². The number of likely N-dealkylation sites (tertiary alicyclic amines) is 2. The number of halogens is 2. The number of rotatable bonds is 10. The van der Waals surface area contributed by atoms with E-state index in [0.29, 0.717) is 51.7 Å². The van der Waals surface area contributed by atoms with E-state index in [0.717, 1.165) is 49.6 Å². The predicted molar refractivity (Wildman–Crippen MR) is 237 cm³/mol. The zero-order chi connectivity index (χ0) is 45.7. The molecule has 4 heterocycles. The molecule has 4 N–H and O–H groups in total. The summed E-state index contributed by atoms with van der Waals surface area (Å²) in [4.78, 5) is 72.6. The Kier molecular flexibility index (Phi) is 10.3. The van der Waals surface area contributed by atoms with Gasteiger partial charge in [-0.15, -0.1) is 0 Å². The number of fused-ring (bicyclic) bond motifs is 6. The normalized spacial score (nSPS) is 22.9. The smallest absolute Gasteiger partial charge is 0.407 e. The van der Waals surface area contributed by atoms with Crippen molar-refractivity contribution in [2.45, 2.75) is 102 Å². The highest BCUT2D eigenvalue weighted by Gasteiger charge is 2.56. The van der Waals surface area contributed by atoms with Gasteiger partial charge in [-0.25, -0.2) is 19.6 Å². The lowest BCUT2D eigenvalue weighted by Gasteiger charge is -2.37. The standard InChI is InChI=1S/C49H54F2N8O6/c1-24(2)39(56-46(62)64-5)44(60)58-23-48(15-16-48)21-38(58)42-52-22-37(55-42)28-9-13-32-31-12-8-26(18-33(31)49(50,51)34(32)19-28)27-10-14-35-36(20-27)54-43(53-35)41-29-7-11-30(17-29)59(41)45(61)40(25(3)4)57-47(63)65-6/h8-10,12-14,18-20,22,24-25,29-30,38-41H,7,11,15-17,21,23H2,1-6H3,(H,52,55)(H,53,54)(H,56,62)(H,57,63)/t29-,30?,38-,39?,40?,41-/m0/s1. The zero-order valence-corrected chi connectivity index (χ0v) is 37.3. The van der Waals surface area contributed by atoms with Crippen LogP contribution in [0.25, 0.3) is 44.5 Å². The lowest BCUT2D eigenvalue weighted by Crippen LogP contribution is -2.54. The number of hydrogen-bond donors (Lipinski definition) is 4. The molecule has 2 aliphatic heterocycles. The fraction of sp³-hybridized carbons (Fsp3) is 0.469. The Morgan fingerprint density at radius 1 is 0.785 bits per heavy atom. The molecule has 2 aromatic heterocycles. The van der Waals surface area contributed by atoms with Crippen molar-refractivity contribution in [3.8, 4) is 33.5 Å². The molecule has 2 saturated carbocycles. The first kappa shape index (κ1) is 42.6. The molecule has 5 aromatic rings. The third-order valence-electron chi connectivity index (χ3n) is 14.7. The van der Waals surface area contributed by atoms with Crippen molar-refractivity contribution < 1.29 is 37.4 Å². The van der Waals surface area contributed by atoms with Crippen molar-refractivity contribution in [2.75, 3.05) is 20.8 Å². The van der Waals surface area contributed by atoms with Crippen LogP contribution in [0.2, 0.25) is 0 Å². The number of nitrogens with one attached hydrogen (secondary N) is 4. The van der Waals surface area contributed by atoms with Crippen molar-refractivity contribution in [1.82, 2.24) is 40.4 Å². The van der Waals surface area contributed by atoms with E-state index in [1.165, 1.54) is 20.3 Å². The minimum atomic E-state index is -3.29. The molecule has 0 radical (unpaired) electrons. The van der Waals surface area contributed by atoms with Crippen molar-refractivity contribution in [3.63, 3.8) is 0 Å². The Balaban J connectivity index is 0.896. The molecule has 2 bridgehead atoms. The Morgan fingerprint density at radius 2 is 1.40 bits per heavy atom. The van der Waals surface area contributed by atoms with Crippen LogP contribution in [0.4, 0.5) is 18.4 Å². The van der Waals surface area contributed by atoms with Crippen LogP contribution >= 0.6 is 0 Å². The van der Waals surface area contributed by atoms with Crippen LogP contribution < -0.4 is 10.6 Å². The summed E-state index contributed by atoms with van der Waals surface area (Å²) in [5.41, 5.74) is 4.68. The van der Waals surface area contributed by atoms with E-state index in [2.05, 4.69) is 20.6 Å². The number of carbonyl (C=O) groups is 4. The highest BCUT2D eigenvalue weighted by molar-refractivity contribution is 5.89. The lowest BCUT2D eigenvalue weighted by molar-refractivity contribution is -0.139. The second-order valence-corrected chi connectivity index (χ2v) is 19.4. The molecular formula is C49H54F2N8O6. The minimum absolute atomic E-state index is 0.0102. The molecule has 4 amide bonds. The van der Waals surface area contributed by atoms with E-state index in [1.54, 1.807) is 29.3 Å². The Bertz CT molecular complexity index is 2740. The topological polar surface area (TPSA) is 175 Å². The van der Waals surface area contributed by atoms with Gasteiger partial charge in [-0.3, -0.25) is 9.59 Å². The van der Waals surface area contributed by atoms with Gasteiger partial charge in [-0.05, 0) is 108 Å². The maximum absolute atomic E-state index is 16.7. The Labute approximate surface area is 375 Å². The van der Waals surface area contributed by atoms with Gasteiger partial charge in [0.1, 0.15) is 23.7 Å². The summed E-state index contributed by atoms with van der Waals surface area (Å²) in [6.07, 6.45) is 5.75. The third-order valence-corrected chi connectivity index (χ3v) is 14.7. The summed E-state index contributed by atoms with van der Waals surface area (Å²) < 4.78 is 43.0. The first-order valence-corrected chi connectivity index (χ1v) is 22.6. The largest absolute Gasteiger partial charge is 0.453 e. The maximum atomic E-state index is 16.7. The number of carbonyl (C=O) groups excluding carboxylic acids is 4. The third kappa shape index (κ3) is 7.19. The quantitative estimate of drug-likeness (QED) is 0.108. The molecule has 16 heteroatoms. The number of ether oxygens (including phenoxy) is 2. The van der Waals surface area contributed by atoms with Crippen LogP contribution in [0.1, 0.15) is 101 Å². The summed E-state index contributed by atoms with van der Waals surface area (Å²) in [6, 6.07) is 13.8. The number of H-pyrrole nitrogens is 2. The zero-order valence-electron chi connectivity index (χ0n) is 37.3. The number of amides is 4. The number of aromatic nitrogens is 4. The average molecular weight is 889 g/mol. The summed E-state index contributed by atoms with van der Waals surface area (Å²) in [5, 5.41) is 5.43. The van der Waals surface area contributed by atoms with Gasteiger partial charge >= 0.3 is 12.2 Å². The van der Waals surface area contributed by atoms with Crippen LogP contribution in [0.3, 0.4) is 0 Å². The number of alkyl carbamates (subject to hydrolysis) is 2. The number of piperidine rings is 1. The van der Waals surface area contributed by atoms with Crippen molar-refractivity contribution in [1.29, 1.82) is 0 Å². The van der Waals surface area contributed by atoms with E-state index < -0.39 is 30.2 Å². The number of methoxy groups -OCH3 is 2. The van der Waals surface area contributed by atoms with Crippen LogP contribution in [-0.2, 0) is 25.0 Å². The van der Waals surface area contributed by atoms with Crippen LogP contribution in [-0.4, -0.2) is 92.6 Å². The van der Waals surface area contributed by atoms with Gasteiger partial charge in [0.2, 0.25) is 11.8 Å². The van der Waals surface area contributed by atoms with Gasteiger partial charge < -0.3 is 39.9 Å². The first-order chi connectivity index (χ1) is 31.1. The molecule has 340 valence electrons. The van der Waals surface area contributed by atoms with E-state index >= 15 is 8.78 Å². The van der Waals surface area contributed by atoms with Gasteiger partial charge in [0, 0.05) is 29.3 Å². The van der Waals surface area contributed by atoms with Crippen molar-refractivity contribution in [3.05, 3.63) is 83.6 Å². The Hall–Kier alpha value is -6.32. The van der Waals surface area contributed by atoms with E-state index in [4.69, 9.17) is 19.4 Å². The maximum Gasteiger partial charge on any atom is 0.407 e. The first-order valence-electron chi connectivity index (χ1n) is 22.6. The van der Waals surface area contributed by atoms with Crippen LogP contribution in [0.5, 0.6) is 0 Å². The second-order valence-electron chi connectivity index (χ2n) is 19.4. The number of alkyl halides is 2. The van der Waals surface area contributed by atoms with Crippen LogP contribution in [0, 0.1) is 23.2 Å². The fourth-order valence-corrected chi connectivity index (χ4v) is 11.0. The number of nitrogens with zero attached hydrogens (tertiary/aromatic N) is 4. The molecule has 3 aliphatic carbocycles. The molecule has 14 nitrogen and oxygen atoms in total. The SMILES string of the molecule is COC(=O)NC(C(=O)N1CC2(CC2)C[C@H]1c1ncc(-c2ccc3c(c2)C(F)(F)c2cc(-c4ccc5nc([C@@H]6[C@H]7CCC(C7)N6C(=O)C(NC(=O)OC)C(C)C)[nH]c5c4)ccc2-3)[nH]1)C(C)C. The second kappa shape index (κ2) is 15.7. The highest BCUT2D eigenvalue weighted by Crippen LogP contribution is 2.59. The molecule has 1 spiro atoms. The summed E-state index contributed by atoms with van der Waals surface area (Å²) >= 11 is 0. The average Bonchev–Trinajstić information content (AvgIpc) is 3.95. The van der Waals surface area contributed by atoms with Gasteiger partial charge in [0.15, 0.2) is 0 Å². The fourth-order valence-electron chi connectivity index (χ4n) is 11.0. The summed E-state index contributed by atoms with van der Waals surface area (Å²) in [7, 11) is 2.54. The van der Waals surface area contributed by atoms with Gasteiger partial charge in [0.25, 0.3) is 5.92 Å². The number of benzene rings is 3. The minimum Gasteiger partial charge on any atom is -0.453 e. The molecule has 6 atom stereocenters. The Morgan fingerprint density at radius 3 is 2.05 bits per heavy atom. The molecule has 4 fully saturated rings. The van der Waals surface area contributed by atoms with E-state index in [1.807, 2.05) is 62.9 Å². The molecule has 3 aromatic carbocycles. The lowest BCUT2D eigenvalue weighted by atomic mass is 9.95. The van der Waals surface area contributed by atoms with Crippen molar-refractivity contribution >= 4 is 35.0 Å². The molecule has 5 aliphatic rings. The van der Waals surface area contributed by atoms with Crippen molar-refractivity contribution in [2.24, 2.45) is 23.2 Å².